The first-order chi connectivity index (χ1) is 7.84. The van der Waals surface area contributed by atoms with Gasteiger partial charge in [-0.05, 0) is 45.3 Å². The number of nitrogens with one attached hydrogen (secondary N) is 1. The van der Waals surface area contributed by atoms with E-state index in [9.17, 15) is 0 Å². The van der Waals surface area contributed by atoms with Gasteiger partial charge in [0.2, 0.25) is 0 Å². The summed E-state index contributed by atoms with van der Waals surface area (Å²) >= 11 is 0. The minimum atomic E-state index is 0.766. The first-order valence-corrected chi connectivity index (χ1v) is 7.26. The smallest absolute Gasteiger partial charge is 0.0195 e. The van der Waals surface area contributed by atoms with Crippen LogP contribution in [0.4, 0.5) is 0 Å². The predicted molar refractivity (Wildman–Crippen MR) is 69.7 cm³/mol. The monoisotopic (exact) mass is 224 g/mol. The van der Waals surface area contributed by atoms with Crippen LogP contribution in [0.25, 0.3) is 0 Å². The number of likely N-dealkylation sites (N-methyl/N-ethyl adjacent to an activating group) is 1. The molecule has 0 radical (unpaired) electrons. The number of likely N-dealkylation sites (tertiary alicyclic amines) is 1. The second kappa shape index (κ2) is 6.61. The van der Waals surface area contributed by atoms with E-state index in [-0.39, 0.29) is 0 Å². The van der Waals surface area contributed by atoms with Crippen LogP contribution in [-0.4, -0.2) is 37.6 Å². The van der Waals surface area contributed by atoms with Crippen LogP contribution < -0.4 is 5.32 Å². The fourth-order valence-electron chi connectivity index (χ4n) is 3.30. The van der Waals surface area contributed by atoms with Gasteiger partial charge < -0.3 is 10.2 Å². The van der Waals surface area contributed by atoms with Gasteiger partial charge in [-0.25, -0.2) is 0 Å². The summed E-state index contributed by atoms with van der Waals surface area (Å²) in [5, 5.41) is 3.76. The third-order valence-corrected chi connectivity index (χ3v) is 4.33. The Morgan fingerprint density at radius 1 is 1.06 bits per heavy atom. The van der Waals surface area contributed by atoms with E-state index in [2.05, 4.69) is 17.3 Å². The molecule has 1 saturated heterocycles. The van der Waals surface area contributed by atoms with Crippen molar-refractivity contribution in [2.75, 3.05) is 26.7 Å². The molecule has 1 atom stereocenters. The lowest BCUT2D eigenvalue weighted by atomic mass is 9.87. The average molecular weight is 224 g/mol. The molecule has 1 heterocycles. The zero-order valence-electron chi connectivity index (χ0n) is 10.9. The van der Waals surface area contributed by atoms with Gasteiger partial charge in [0.1, 0.15) is 0 Å². The zero-order chi connectivity index (χ0) is 11.2. The van der Waals surface area contributed by atoms with Gasteiger partial charge >= 0.3 is 0 Å². The summed E-state index contributed by atoms with van der Waals surface area (Å²) < 4.78 is 0. The number of hydrogen-bond donors (Lipinski definition) is 1. The largest absolute Gasteiger partial charge is 0.313 e. The summed E-state index contributed by atoms with van der Waals surface area (Å²) in [5.41, 5.74) is 0. The van der Waals surface area contributed by atoms with Gasteiger partial charge in [-0.3, -0.25) is 0 Å². The highest BCUT2D eigenvalue weighted by molar-refractivity contribution is 4.77. The maximum atomic E-state index is 3.76. The summed E-state index contributed by atoms with van der Waals surface area (Å²) in [4.78, 5) is 2.46. The molecule has 0 bridgehead atoms. The first-order valence-electron chi connectivity index (χ1n) is 7.26. The Morgan fingerprint density at radius 3 is 2.62 bits per heavy atom. The number of rotatable bonds is 4. The van der Waals surface area contributed by atoms with Crippen LogP contribution in [0.2, 0.25) is 0 Å². The highest BCUT2D eigenvalue weighted by atomic mass is 15.1. The van der Waals surface area contributed by atoms with Crippen molar-refractivity contribution >= 4 is 0 Å². The molecule has 0 spiro atoms. The van der Waals surface area contributed by atoms with E-state index in [0.29, 0.717) is 0 Å². The molecule has 2 nitrogen and oxygen atoms in total. The van der Waals surface area contributed by atoms with Crippen molar-refractivity contribution in [1.29, 1.82) is 0 Å². The fourth-order valence-corrected chi connectivity index (χ4v) is 3.30. The normalized spacial score (nSPS) is 29.4. The van der Waals surface area contributed by atoms with Gasteiger partial charge in [-0.15, -0.1) is 0 Å². The van der Waals surface area contributed by atoms with Crippen LogP contribution in [0.5, 0.6) is 0 Å². The molecule has 0 amide bonds. The molecule has 0 aromatic heterocycles. The van der Waals surface area contributed by atoms with Gasteiger partial charge in [0.05, 0.1) is 0 Å². The molecular formula is C14H28N2. The lowest BCUT2D eigenvalue weighted by Gasteiger charge is -2.31. The van der Waals surface area contributed by atoms with E-state index in [4.69, 9.17) is 0 Å². The Balaban J connectivity index is 1.56. The molecule has 2 fully saturated rings. The Labute approximate surface area is 101 Å². The maximum absolute atomic E-state index is 3.76. The first kappa shape index (κ1) is 12.4. The maximum Gasteiger partial charge on any atom is 0.0195 e. The van der Waals surface area contributed by atoms with Crippen molar-refractivity contribution in [2.45, 2.75) is 57.4 Å². The minimum Gasteiger partial charge on any atom is -0.313 e. The molecule has 0 aromatic carbocycles. The van der Waals surface area contributed by atoms with Crippen LogP contribution in [-0.2, 0) is 0 Å². The van der Waals surface area contributed by atoms with Crippen LogP contribution in [0.15, 0.2) is 0 Å². The Kier molecular flexibility index (Phi) is 5.11. The fraction of sp³-hybridized carbons (Fsp3) is 1.00. The molecule has 16 heavy (non-hydrogen) atoms. The van der Waals surface area contributed by atoms with Crippen LogP contribution in [0, 0.1) is 5.92 Å². The van der Waals surface area contributed by atoms with Crippen molar-refractivity contribution in [1.82, 2.24) is 10.2 Å². The minimum absolute atomic E-state index is 0.766. The molecule has 0 aromatic rings. The Hall–Kier alpha value is -0.0800. The lowest BCUT2D eigenvalue weighted by Crippen LogP contribution is -2.44. The van der Waals surface area contributed by atoms with E-state index in [0.717, 1.165) is 12.0 Å². The quantitative estimate of drug-likeness (QED) is 0.790. The summed E-state index contributed by atoms with van der Waals surface area (Å²) in [6.45, 7) is 3.80. The van der Waals surface area contributed by atoms with Crippen LogP contribution >= 0.6 is 0 Å². The third kappa shape index (κ3) is 4.06. The molecule has 1 aliphatic heterocycles. The highest BCUT2D eigenvalue weighted by Crippen LogP contribution is 2.25. The van der Waals surface area contributed by atoms with Gasteiger partial charge in [-0.2, -0.15) is 0 Å². The van der Waals surface area contributed by atoms with Crippen molar-refractivity contribution in [3.8, 4) is 0 Å². The van der Waals surface area contributed by atoms with Gasteiger partial charge in [-0.1, -0.05) is 32.1 Å². The molecule has 2 aliphatic rings. The molecular weight excluding hydrogens is 196 g/mol. The Bertz CT molecular complexity index is 187. The number of nitrogens with zero attached hydrogens (tertiary/aromatic N) is 1. The number of hydrogen-bond acceptors (Lipinski definition) is 2. The SMILES string of the molecule is CN1CCCC(NCCC2CCCCC2)C1. The standard InChI is InChI=1S/C14H28N2/c1-16-11-5-8-14(12-16)15-10-9-13-6-3-2-4-7-13/h13-15H,2-12H2,1H3. The summed E-state index contributed by atoms with van der Waals surface area (Å²) in [5.74, 6) is 1.03. The van der Waals surface area contributed by atoms with Crippen LogP contribution in [0.3, 0.4) is 0 Å². The molecule has 1 N–H and O–H groups in total. The van der Waals surface area contributed by atoms with Gasteiger partial charge in [0.15, 0.2) is 0 Å². The topological polar surface area (TPSA) is 15.3 Å². The van der Waals surface area contributed by atoms with Crippen molar-refractivity contribution in [3.05, 3.63) is 0 Å². The molecule has 1 aliphatic carbocycles. The van der Waals surface area contributed by atoms with Crippen LogP contribution in [0.1, 0.15) is 51.4 Å². The summed E-state index contributed by atoms with van der Waals surface area (Å²) in [6.07, 6.45) is 11.6. The van der Waals surface area contributed by atoms with E-state index >= 15 is 0 Å². The zero-order valence-corrected chi connectivity index (χ0v) is 10.9. The Morgan fingerprint density at radius 2 is 1.88 bits per heavy atom. The van der Waals surface area contributed by atoms with Crippen molar-refractivity contribution in [3.63, 3.8) is 0 Å². The average Bonchev–Trinajstić information content (AvgIpc) is 2.30. The lowest BCUT2D eigenvalue weighted by molar-refractivity contribution is 0.222. The third-order valence-electron chi connectivity index (χ3n) is 4.33. The molecule has 2 rings (SSSR count). The van der Waals surface area contributed by atoms with Crippen molar-refractivity contribution < 1.29 is 0 Å². The molecule has 94 valence electrons. The van der Waals surface area contributed by atoms with Crippen molar-refractivity contribution in [2.24, 2.45) is 5.92 Å². The van der Waals surface area contributed by atoms with Gasteiger partial charge in [0, 0.05) is 12.6 Å². The molecule has 1 unspecified atom stereocenters. The predicted octanol–water partition coefficient (Wildman–Crippen LogP) is 2.64. The molecule has 2 heteroatoms. The second-order valence-electron chi connectivity index (χ2n) is 5.85. The van der Waals surface area contributed by atoms with E-state index in [1.807, 2.05) is 0 Å². The summed E-state index contributed by atoms with van der Waals surface area (Å²) in [6, 6.07) is 0.766. The van der Waals surface area contributed by atoms with E-state index < -0.39 is 0 Å². The summed E-state index contributed by atoms with van der Waals surface area (Å²) in [7, 11) is 2.25. The second-order valence-corrected chi connectivity index (χ2v) is 5.85. The number of piperidine rings is 1. The van der Waals surface area contributed by atoms with E-state index in [1.165, 1.54) is 71.0 Å². The van der Waals surface area contributed by atoms with Gasteiger partial charge in [0.25, 0.3) is 0 Å². The van der Waals surface area contributed by atoms with E-state index in [1.54, 1.807) is 0 Å². The molecule has 1 saturated carbocycles. The highest BCUT2D eigenvalue weighted by Gasteiger charge is 2.17.